The molecule has 0 unspecified atom stereocenters. The Labute approximate surface area is 277 Å². The number of Topliss-reactive ketones (excluding diaryl/α,β-unsaturated/α-hetero) is 1. The van der Waals surface area contributed by atoms with Gasteiger partial charge in [-0.3, -0.25) is 14.4 Å². The first kappa shape index (κ1) is 36.4. The van der Waals surface area contributed by atoms with E-state index in [1.54, 1.807) is 54.9 Å². The number of fused-ring (bicyclic) bond motifs is 1. The average molecular weight is 656 g/mol. The number of rotatable bonds is 8. The minimum Gasteiger partial charge on any atom is -0.455 e. The summed E-state index contributed by atoms with van der Waals surface area (Å²) in [6.07, 6.45) is 3.35. The van der Waals surface area contributed by atoms with Crippen molar-refractivity contribution in [3.63, 3.8) is 0 Å². The summed E-state index contributed by atoms with van der Waals surface area (Å²) in [5, 5.41) is 19.9. The Hall–Kier alpha value is -3.46. The van der Waals surface area contributed by atoms with Crippen LogP contribution in [0.15, 0.2) is 24.5 Å². The van der Waals surface area contributed by atoms with Crippen molar-refractivity contribution in [1.82, 2.24) is 35.4 Å². The van der Waals surface area contributed by atoms with Crippen LogP contribution in [0.2, 0.25) is 5.82 Å². The van der Waals surface area contributed by atoms with E-state index in [2.05, 4.69) is 25.8 Å². The van der Waals surface area contributed by atoms with E-state index in [4.69, 9.17) is 22.1 Å². The number of methoxy groups -OCH3 is 1. The smallest absolute Gasteiger partial charge is 0.410 e. The summed E-state index contributed by atoms with van der Waals surface area (Å²) in [6.45, 7) is 11.6. The summed E-state index contributed by atoms with van der Waals surface area (Å²) in [6, 6.07) is 2.67. The first-order valence-corrected chi connectivity index (χ1v) is 16.3. The fourth-order valence-corrected chi connectivity index (χ4v) is 6.72. The SMILES string of the molecule is [B][C@@H]1CC(=O)[C@](C)(F)C(=O)O[C@H](CC)[C@@]2(C)OC(=O)N(CCCCn3cc(-c4cccnn4)nn3)[C@@H]2[C@@H](C)NC[C@H](C)C[C@@]1(C)OC. The van der Waals surface area contributed by atoms with Gasteiger partial charge in [0.2, 0.25) is 0 Å². The normalized spacial score (nSPS) is 34.3. The molecule has 2 aromatic rings. The third-order valence-corrected chi connectivity index (χ3v) is 9.71. The number of carbonyl (C=O) groups is 3. The van der Waals surface area contributed by atoms with Crippen molar-refractivity contribution in [3.8, 4) is 11.4 Å². The van der Waals surface area contributed by atoms with Crippen molar-refractivity contribution in [3.05, 3.63) is 24.5 Å². The molecule has 13 nitrogen and oxygen atoms in total. The zero-order valence-electron chi connectivity index (χ0n) is 28.4. The lowest BCUT2D eigenvalue weighted by Crippen LogP contribution is -2.61. The number of aromatic nitrogens is 5. The van der Waals surface area contributed by atoms with E-state index in [-0.39, 0.29) is 18.4 Å². The van der Waals surface area contributed by atoms with E-state index in [1.807, 2.05) is 13.8 Å². The van der Waals surface area contributed by atoms with E-state index >= 15 is 4.39 Å². The predicted molar refractivity (Wildman–Crippen MR) is 171 cm³/mol. The lowest BCUT2D eigenvalue weighted by molar-refractivity contribution is -0.178. The molecule has 0 aromatic carbocycles. The molecule has 15 heteroatoms. The quantitative estimate of drug-likeness (QED) is 0.193. The molecule has 0 saturated carbocycles. The highest BCUT2D eigenvalue weighted by atomic mass is 19.1. The highest BCUT2D eigenvalue weighted by Gasteiger charge is 2.59. The van der Waals surface area contributed by atoms with E-state index in [9.17, 15) is 14.4 Å². The summed E-state index contributed by atoms with van der Waals surface area (Å²) in [5.74, 6) is -3.17. The second kappa shape index (κ2) is 14.8. The fourth-order valence-electron chi connectivity index (χ4n) is 6.72. The van der Waals surface area contributed by atoms with Gasteiger partial charge in [0.25, 0.3) is 5.67 Å². The molecule has 8 atom stereocenters. The lowest BCUT2D eigenvalue weighted by Gasteiger charge is -2.41. The highest BCUT2D eigenvalue weighted by Crippen LogP contribution is 2.40. The molecule has 2 fully saturated rings. The predicted octanol–water partition coefficient (Wildman–Crippen LogP) is 3.48. The van der Waals surface area contributed by atoms with Gasteiger partial charge in [-0.15, -0.1) is 10.2 Å². The van der Waals surface area contributed by atoms with Crippen LogP contribution in [0.3, 0.4) is 0 Å². The maximum absolute atomic E-state index is 15.9. The van der Waals surface area contributed by atoms with Crippen molar-refractivity contribution in [2.75, 3.05) is 20.2 Å². The van der Waals surface area contributed by atoms with Crippen LogP contribution in [0.25, 0.3) is 11.4 Å². The minimum atomic E-state index is -2.96. The number of halogens is 1. The van der Waals surface area contributed by atoms with Crippen molar-refractivity contribution >= 4 is 25.7 Å². The molecular formula is C32H47BFN7O6. The number of alkyl halides is 1. The Morgan fingerprint density at radius 3 is 2.51 bits per heavy atom. The summed E-state index contributed by atoms with van der Waals surface area (Å²) >= 11 is 0. The number of cyclic esters (lactones) is 1. The zero-order valence-corrected chi connectivity index (χ0v) is 28.4. The van der Waals surface area contributed by atoms with Gasteiger partial charge in [-0.2, -0.15) is 5.10 Å². The Morgan fingerprint density at radius 1 is 1.13 bits per heavy atom. The van der Waals surface area contributed by atoms with Crippen molar-refractivity contribution in [1.29, 1.82) is 0 Å². The molecule has 47 heavy (non-hydrogen) atoms. The summed E-state index contributed by atoms with van der Waals surface area (Å²) in [5.41, 5.74) is -4.03. The standard InChI is InChI=1S/C32H47BFN7O6/c1-8-26-32(6)27(41(29(44)47-32)15-10-9-14-40-19-23(38-39-40)22-12-11-13-36-37-22)21(3)35-18-20(2)17-30(4,45-7)24(33)16-25(42)31(5,34)28(43)46-26/h11-13,19-21,24,26-27,35H,8-10,14-18H2,1-7H3/t20-,21-,24-,26-,27-,30-,31+,32-/m1/s1. The number of unbranched alkanes of at least 4 members (excludes halogenated alkanes) is 1. The van der Waals surface area contributed by atoms with Crippen LogP contribution in [0.5, 0.6) is 0 Å². The Balaban J connectivity index is 1.55. The third kappa shape index (κ3) is 7.82. The molecule has 0 aliphatic carbocycles. The van der Waals surface area contributed by atoms with Crippen LogP contribution in [-0.4, -0.2) is 111 Å². The Kier molecular flexibility index (Phi) is 11.4. The molecule has 4 rings (SSSR count). The van der Waals surface area contributed by atoms with E-state index in [0.29, 0.717) is 50.3 Å². The van der Waals surface area contributed by atoms with Crippen molar-refractivity contribution in [2.45, 2.75) is 121 Å². The molecule has 4 heterocycles. The van der Waals surface area contributed by atoms with Gasteiger partial charge in [0.05, 0.1) is 25.7 Å². The maximum Gasteiger partial charge on any atom is 0.410 e. The highest BCUT2D eigenvalue weighted by molar-refractivity contribution is 6.16. The number of ether oxygens (including phenoxy) is 3. The Bertz CT molecular complexity index is 1400. The Morgan fingerprint density at radius 2 is 1.85 bits per heavy atom. The number of nitrogens with zero attached hydrogens (tertiary/aromatic N) is 6. The number of esters is 1. The molecule has 0 bridgehead atoms. The van der Waals surface area contributed by atoms with Gasteiger partial charge in [0, 0.05) is 38.9 Å². The fraction of sp³-hybridized carbons (Fsp3) is 0.719. The van der Waals surface area contributed by atoms with Gasteiger partial charge in [0.1, 0.15) is 17.5 Å². The van der Waals surface area contributed by atoms with Crippen LogP contribution < -0.4 is 5.32 Å². The number of amides is 1. The van der Waals surface area contributed by atoms with Crippen LogP contribution in [0, 0.1) is 5.92 Å². The first-order chi connectivity index (χ1) is 22.2. The van der Waals surface area contributed by atoms with Crippen LogP contribution in [-0.2, 0) is 30.3 Å². The van der Waals surface area contributed by atoms with E-state index in [0.717, 1.165) is 6.92 Å². The largest absolute Gasteiger partial charge is 0.455 e. The van der Waals surface area contributed by atoms with Crippen LogP contribution in [0.1, 0.15) is 73.6 Å². The molecule has 256 valence electrons. The van der Waals surface area contributed by atoms with Gasteiger partial charge < -0.3 is 19.5 Å². The second-order valence-corrected chi connectivity index (χ2v) is 13.4. The second-order valence-electron chi connectivity index (χ2n) is 13.4. The van der Waals surface area contributed by atoms with Gasteiger partial charge in [-0.1, -0.05) is 19.1 Å². The molecule has 2 radical (unpaired) electrons. The molecule has 2 saturated heterocycles. The minimum absolute atomic E-state index is 0.0254. The lowest BCUT2D eigenvalue weighted by atomic mass is 9.67. The summed E-state index contributed by atoms with van der Waals surface area (Å²) < 4.78 is 35.1. The van der Waals surface area contributed by atoms with Gasteiger partial charge >= 0.3 is 12.1 Å². The topological polar surface area (TPSA) is 151 Å². The average Bonchev–Trinajstić information content (AvgIpc) is 3.62. The molecule has 0 spiro atoms. The summed E-state index contributed by atoms with van der Waals surface area (Å²) in [4.78, 5) is 41.5. The van der Waals surface area contributed by atoms with Gasteiger partial charge in [-0.25, -0.2) is 14.0 Å². The molecule has 1 N–H and O–H groups in total. The number of hydrogen-bond donors (Lipinski definition) is 1. The van der Waals surface area contributed by atoms with E-state index in [1.165, 1.54) is 7.11 Å². The number of carbonyl (C=O) groups excluding carboxylic acids is 3. The van der Waals surface area contributed by atoms with Crippen molar-refractivity contribution in [2.24, 2.45) is 5.92 Å². The third-order valence-electron chi connectivity index (χ3n) is 9.71. The molecule has 1 amide bonds. The molecule has 2 aliphatic rings. The van der Waals surface area contributed by atoms with Crippen molar-refractivity contribution < 1.29 is 33.0 Å². The zero-order chi connectivity index (χ0) is 34.6. The monoisotopic (exact) mass is 655 g/mol. The van der Waals surface area contributed by atoms with Crippen LogP contribution >= 0.6 is 0 Å². The van der Waals surface area contributed by atoms with E-state index < -0.39 is 59.1 Å². The molecule has 2 aliphatic heterocycles. The number of nitrogens with one attached hydrogen (secondary N) is 1. The number of ketones is 1. The van der Waals surface area contributed by atoms with Gasteiger partial charge in [0.15, 0.2) is 11.4 Å². The molecular weight excluding hydrogens is 608 g/mol. The number of hydrogen-bond acceptors (Lipinski definition) is 11. The van der Waals surface area contributed by atoms with Gasteiger partial charge in [-0.05, 0) is 83.8 Å². The van der Waals surface area contributed by atoms with Crippen LogP contribution in [0.4, 0.5) is 9.18 Å². The molecule has 2 aromatic heterocycles. The number of aryl methyl sites for hydroxylation is 1. The first-order valence-electron chi connectivity index (χ1n) is 16.3. The summed E-state index contributed by atoms with van der Waals surface area (Å²) in [7, 11) is 7.89. The maximum atomic E-state index is 15.9.